The summed E-state index contributed by atoms with van der Waals surface area (Å²) in [6, 6.07) is 3.34. The van der Waals surface area contributed by atoms with Crippen molar-refractivity contribution in [3.05, 3.63) is 23.7 Å². The van der Waals surface area contributed by atoms with Crippen molar-refractivity contribution in [3.8, 4) is 0 Å². The van der Waals surface area contributed by atoms with Gasteiger partial charge in [-0.3, -0.25) is 0 Å². The second-order valence-electron chi connectivity index (χ2n) is 4.31. The molecule has 1 saturated heterocycles. The quantitative estimate of drug-likeness (QED) is 0.823. The van der Waals surface area contributed by atoms with Crippen LogP contribution in [0.15, 0.2) is 16.5 Å². The van der Waals surface area contributed by atoms with Gasteiger partial charge in [-0.2, -0.15) is 0 Å². The predicted molar refractivity (Wildman–Crippen MR) is 70.9 cm³/mol. The Balaban J connectivity index is 1.86. The lowest BCUT2D eigenvalue weighted by Gasteiger charge is -2.28. The number of methoxy groups -OCH3 is 1. The van der Waals surface area contributed by atoms with Gasteiger partial charge in [-0.25, -0.2) is 9.59 Å². The van der Waals surface area contributed by atoms with Gasteiger partial charge in [0.15, 0.2) is 0 Å². The Kier molecular flexibility index (Phi) is 4.36. The molecule has 0 bridgehead atoms. The molecule has 2 heterocycles. The molecule has 1 fully saturated rings. The fourth-order valence-electron chi connectivity index (χ4n) is 1.81. The highest BCUT2D eigenvalue weighted by Crippen LogP contribution is 2.23. The Labute approximate surface area is 115 Å². The first-order valence-electron chi connectivity index (χ1n) is 5.94. The van der Waals surface area contributed by atoms with E-state index in [0.717, 1.165) is 6.42 Å². The molecule has 104 valence electrons. The molecule has 0 aliphatic carbocycles. The van der Waals surface area contributed by atoms with E-state index in [-0.39, 0.29) is 23.2 Å². The standard InChI is InChI=1S/C12H16N2O4S/c1-7-5-10(14-12(16)13-7)19-6-8-3-4-9(18-8)11(15)17-2/h3-4,7,10H,5-6H2,1-2H3,(H2,13,14,16). The smallest absolute Gasteiger partial charge is 0.373 e. The summed E-state index contributed by atoms with van der Waals surface area (Å²) >= 11 is 1.57. The van der Waals surface area contributed by atoms with E-state index in [1.54, 1.807) is 23.9 Å². The number of amides is 2. The van der Waals surface area contributed by atoms with E-state index in [9.17, 15) is 9.59 Å². The van der Waals surface area contributed by atoms with Gasteiger partial charge in [-0.1, -0.05) is 0 Å². The number of furan rings is 1. The summed E-state index contributed by atoms with van der Waals surface area (Å²) in [5.41, 5.74) is 0. The van der Waals surface area contributed by atoms with Crippen LogP contribution in [0.3, 0.4) is 0 Å². The number of thioether (sulfide) groups is 1. The second-order valence-corrected chi connectivity index (χ2v) is 5.50. The van der Waals surface area contributed by atoms with Crippen molar-refractivity contribution < 1.29 is 18.7 Å². The summed E-state index contributed by atoms with van der Waals surface area (Å²) < 4.78 is 9.92. The van der Waals surface area contributed by atoms with Crippen LogP contribution in [0.4, 0.5) is 4.79 Å². The van der Waals surface area contributed by atoms with E-state index in [1.807, 2.05) is 6.92 Å². The van der Waals surface area contributed by atoms with Gasteiger partial charge in [-0.05, 0) is 25.5 Å². The molecular formula is C12H16N2O4S. The molecule has 1 aromatic rings. The number of hydrogen-bond donors (Lipinski definition) is 2. The van der Waals surface area contributed by atoms with Crippen LogP contribution in [0, 0.1) is 0 Å². The van der Waals surface area contributed by atoms with Crippen LogP contribution < -0.4 is 10.6 Å². The zero-order valence-corrected chi connectivity index (χ0v) is 11.6. The van der Waals surface area contributed by atoms with Crippen molar-refractivity contribution in [1.82, 2.24) is 10.6 Å². The first kappa shape index (κ1) is 13.8. The average molecular weight is 284 g/mol. The molecule has 1 aliphatic rings. The monoisotopic (exact) mass is 284 g/mol. The van der Waals surface area contributed by atoms with Gasteiger partial charge in [0.05, 0.1) is 18.2 Å². The number of esters is 1. The average Bonchev–Trinajstić information content (AvgIpc) is 2.83. The highest BCUT2D eigenvalue weighted by Gasteiger charge is 2.23. The van der Waals surface area contributed by atoms with Crippen molar-refractivity contribution in [1.29, 1.82) is 0 Å². The van der Waals surface area contributed by atoms with Gasteiger partial charge in [0.2, 0.25) is 5.76 Å². The van der Waals surface area contributed by atoms with E-state index in [4.69, 9.17) is 4.42 Å². The molecule has 1 aromatic heterocycles. The minimum atomic E-state index is -0.486. The summed E-state index contributed by atoms with van der Waals surface area (Å²) in [6.07, 6.45) is 0.848. The highest BCUT2D eigenvalue weighted by atomic mass is 32.2. The van der Waals surface area contributed by atoms with Gasteiger partial charge >= 0.3 is 12.0 Å². The topological polar surface area (TPSA) is 80.6 Å². The molecule has 2 rings (SSSR count). The van der Waals surface area contributed by atoms with Gasteiger partial charge in [-0.15, -0.1) is 11.8 Å². The molecule has 0 saturated carbocycles. The third kappa shape index (κ3) is 3.66. The normalized spacial score (nSPS) is 22.5. The Morgan fingerprint density at radius 2 is 2.32 bits per heavy atom. The Morgan fingerprint density at radius 1 is 1.53 bits per heavy atom. The Bertz CT molecular complexity index is 474. The lowest BCUT2D eigenvalue weighted by molar-refractivity contribution is 0.0563. The van der Waals surface area contributed by atoms with Crippen molar-refractivity contribution >= 4 is 23.8 Å². The van der Waals surface area contributed by atoms with E-state index in [1.165, 1.54) is 7.11 Å². The molecule has 2 N–H and O–H groups in total. The van der Waals surface area contributed by atoms with Crippen LogP contribution in [-0.4, -0.2) is 30.5 Å². The highest BCUT2D eigenvalue weighted by molar-refractivity contribution is 7.99. The maximum absolute atomic E-state index is 11.3. The van der Waals surface area contributed by atoms with Crippen LogP contribution in [0.5, 0.6) is 0 Å². The molecule has 2 atom stereocenters. The number of urea groups is 1. The third-order valence-electron chi connectivity index (χ3n) is 2.71. The number of rotatable bonds is 4. The van der Waals surface area contributed by atoms with Crippen molar-refractivity contribution in [2.24, 2.45) is 0 Å². The number of carbonyl (C=O) groups excluding carboxylic acids is 2. The Hall–Kier alpha value is -1.63. The van der Waals surface area contributed by atoms with Gasteiger partial charge in [0, 0.05) is 6.04 Å². The van der Waals surface area contributed by atoms with Crippen LogP contribution >= 0.6 is 11.8 Å². The lowest BCUT2D eigenvalue weighted by atomic mass is 10.2. The number of hydrogen-bond acceptors (Lipinski definition) is 5. The molecule has 19 heavy (non-hydrogen) atoms. The first-order chi connectivity index (χ1) is 9.08. The Morgan fingerprint density at radius 3 is 3.00 bits per heavy atom. The van der Waals surface area contributed by atoms with Gasteiger partial charge < -0.3 is 19.8 Å². The molecule has 2 amide bonds. The summed E-state index contributed by atoms with van der Waals surface area (Å²) in [6.45, 7) is 1.97. The summed E-state index contributed by atoms with van der Waals surface area (Å²) in [5, 5.41) is 5.67. The van der Waals surface area contributed by atoms with Crippen LogP contribution in [0.1, 0.15) is 29.7 Å². The largest absolute Gasteiger partial charge is 0.463 e. The summed E-state index contributed by atoms with van der Waals surface area (Å²) in [4.78, 5) is 22.5. The maximum atomic E-state index is 11.3. The van der Waals surface area contributed by atoms with Crippen LogP contribution in [-0.2, 0) is 10.5 Å². The van der Waals surface area contributed by atoms with E-state index in [2.05, 4.69) is 15.4 Å². The number of nitrogens with one attached hydrogen (secondary N) is 2. The molecule has 0 radical (unpaired) electrons. The minimum absolute atomic E-state index is 0.0513. The minimum Gasteiger partial charge on any atom is -0.463 e. The summed E-state index contributed by atoms with van der Waals surface area (Å²) in [5.74, 6) is 0.987. The van der Waals surface area contributed by atoms with E-state index in [0.29, 0.717) is 11.5 Å². The second kappa shape index (κ2) is 6.01. The maximum Gasteiger partial charge on any atom is 0.373 e. The third-order valence-corrected chi connectivity index (χ3v) is 3.88. The summed E-state index contributed by atoms with van der Waals surface area (Å²) in [7, 11) is 1.31. The molecule has 1 aliphatic heterocycles. The molecule has 2 unspecified atom stereocenters. The van der Waals surface area contributed by atoms with Crippen LogP contribution in [0.25, 0.3) is 0 Å². The van der Waals surface area contributed by atoms with E-state index < -0.39 is 5.97 Å². The lowest BCUT2D eigenvalue weighted by Crippen LogP contribution is -2.52. The molecule has 0 aromatic carbocycles. The molecule has 6 nitrogen and oxygen atoms in total. The SMILES string of the molecule is COC(=O)c1ccc(CSC2CC(C)NC(=O)N2)o1. The fourth-order valence-corrected chi connectivity index (χ4v) is 2.94. The van der Waals surface area contributed by atoms with Crippen LogP contribution in [0.2, 0.25) is 0 Å². The first-order valence-corrected chi connectivity index (χ1v) is 6.99. The zero-order chi connectivity index (χ0) is 13.8. The molecular weight excluding hydrogens is 268 g/mol. The predicted octanol–water partition coefficient (Wildman–Crippen LogP) is 1.72. The van der Waals surface area contributed by atoms with Crippen molar-refractivity contribution in [2.45, 2.75) is 30.5 Å². The van der Waals surface area contributed by atoms with Crippen molar-refractivity contribution in [3.63, 3.8) is 0 Å². The fraction of sp³-hybridized carbons (Fsp3) is 0.500. The van der Waals surface area contributed by atoms with Gasteiger partial charge in [0.1, 0.15) is 5.76 Å². The zero-order valence-electron chi connectivity index (χ0n) is 10.8. The van der Waals surface area contributed by atoms with Gasteiger partial charge in [0.25, 0.3) is 0 Å². The van der Waals surface area contributed by atoms with E-state index >= 15 is 0 Å². The molecule has 7 heteroatoms. The molecule has 0 spiro atoms. The number of ether oxygens (including phenoxy) is 1. The van der Waals surface area contributed by atoms with Crippen molar-refractivity contribution in [2.75, 3.05) is 7.11 Å². The number of carbonyl (C=O) groups is 2.